The molecule has 0 amide bonds. The number of hydrogen-bond acceptors (Lipinski definition) is 3. The number of carbonyl (C=O) groups is 2. The lowest BCUT2D eigenvalue weighted by molar-refractivity contribution is -0.167. The molecule has 0 aliphatic rings. The van der Waals surface area contributed by atoms with Crippen molar-refractivity contribution < 1.29 is 23.8 Å². The van der Waals surface area contributed by atoms with Crippen LogP contribution >= 0.6 is 11.6 Å². The maximum atomic E-state index is 12.9. The SMILES string of the molecule is CCOC(=O)C(C)(Cc1ccc(F)cc1Cl)C(=O)O. The first-order valence-corrected chi connectivity index (χ1v) is 6.03. The molecule has 0 fully saturated rings. The summed E-state index contributed by atoms with van der Waals surface area (Å²) in [4.78, 5) is 23.1. The third-order valence-electron chi connectivity index (χ3n) is 2.76. The van der Waals surface area contributed by atoms with E-state index < -0.39 is 23.2 Å². The van der Waals surface area contributed by atoms with Crippen LogP contribution in [0.25, 0.3) is 0 Å². The van der Waals surface area contributed by atoms with Crippen molar-refractivity contribution in [3.05, 3.63) is 34.6 Å². The summed E-state index contributed by atoms with van der Waals surface area (Å²) in [6.07, 6.45) is -0.166. The third-order valence-corrected chi connectivity index (χ3v) is 3.11. The van der Waals surface area contributed by atoms with Crippen LogP contribution in [0.3, 0.4) is 0 Å². The van der Waals surface area contributed by atoms with E-state index in [2.05, 4.69) is 0 Å². The van der Waals surface area contributed by atoms with Gasteiger partial charge in [-0.05, 0) is 31.5 Å². The highest BCUT2D eigenvalue weighted by Gasteiger charge is 2.43. The van der Waals surface area contributed by atoms with Crippen LogP contribution in [0, 0.1) is 11.2 Å². The third kappa shape index (κ3) is 3.44. The van der Waals surface area contributed by atoms with Gasteiger partial charge in [-0.3, -0.25) is 9.59 Å². The number of carboxylic acid groups (broad SMARTS) is 1. The summed E-state index contributed by atoms with van der Waals surface area (Å²) >= 11 is 5.84. The van der Waals surface area contributed by atoms with Gasteiger partial charge in [0.15, 0.2) is 5.41 Å². The number of aliphatic carboxylic acids is 1. The highest BCUT2D eigenvalue weighted by atomic mass is 35.5. The molecule has 0 saturated carbocycles. The van der Waals surface area contributed by atoms with Crippen LogP contribution in [0.2, 0.25) is 5.02 Å². The number of ether oxygens (including phenoxy) is 1. The monoisotopic (exact) mass is 288 g/mol. The molecule has 1 aromatic carbocycles. The smallest absolute Gasteiger partial charge is 0.323 e. The summed E-state index contributed by atoms with van der Waals surface area (Å²) in [5.74, 6) is -2.68. The number of hydrogen-bond donors (Lipinski definition) is 1. The van der Waals surface area contributed by atoms with Crippen molar-refractivity contribution in [2.45, 2.75) is 20.3 Å². The van der Waals surface area contributed by atoms with Crippen LogP contribution in [0.15, 0.2) is 18.2 Å². The molecule has 6 heteroatoms. The van der Waals surface area contributed by atoms with E-state index in [9.17, 15) is 19.1 Å². The van der Waals surface area contributed by atoms with Gasteiger partial charge in [-0.15, -0.1) is 0 Å². The van der Waals surface area contributed by atoms with E-state index in [0.29, 0.717) is 5.56 Å². The molecular formula is C13H14ClFO4. The largest absolute Gasteiger partial charge is 0.480 e. The minimum Gasteiger partial charge on any atom is -0.480 e. The lowest BCUT2D eigenvalue weighted by Crippen LogP contribution is -2.40. The Kier molecular flexibility index (Phi) is 4.89. The summed E-state index contributed by atoms with van der Waals surface area (Å²) in [6.45, 7) is 2.93. The molecule has 1 N–H and O–H groups in total. The zero-order valence-corrected chi connectivity index (χ0v) is 11.3. The van der Waals surface area contributed by atoms with Crippen LogP contribution in [0.5, 0.6) is 0 Å². The molecule has 1 rings (SSSR count). The predicted molar refractivity (Wildman–Crippen MR) is 67.5 cm³/mol. The Morgan fingerprint density at radius 1 is 1.47 bits per heavy atom. The minimum atomic E-state index is -1.75. The lowest BCUT2D eigenvalue weighted by atomic mass is 9.83. The van der Waals surface area contributed by atoms with Gasteiger partial charge in [0.1, 0.15) is 5.82 Å². The van der Waals surface area contributed by atoms with E-state index in [1.165, 1.54) is 13.0 Å². The molecule has 0 saturated heterocycles. The van der Waals surface area contributed by atoms with Crippen molar-refractivity contribution in [3.8, 4) is 0 Å². The quantitative estimate of drug-likeness (QED) is 0.668. The number of benzene rings is 1. The van der Waals surface area contributed by atoms with Crippen LogP contribution in [-0.4, -0.2) is 23.7 Å². The van der Waals surface area contributed by atoms with Crippen LogP contribution in [0.4, 0.5) is 4.39 Å². The molecule has 19 heavy (non-hydrogen) atoms. The second-order valence-corrected chi connectivity index (χ2v) is 4.68. The molecule has 1 atom stereocenters. The number of rotatable bonds is 5. The fourth-order valence-electron chi connectivity index (χ4n) is 1.57. The Morgan fingerprint density at radius 3 is 2.58 bits per heavy atom. The Balaban J connectivity index is 3.08. The predicted octanol–water partition coefficient (Wildman–Crippen LogP) is 2.68. The van der Waals surface area contributed by atoms with Gasteiger partial charge in [0.05, 0.1) is 6.61 Å². The van der Waals surface area contributed by atoms with E-state index in [4.69, 9.17) is 16.3 Å². The highest BCUT2D eigenvalue weighted by Crippen LogP contribution is 2.29. The van der Waals surface area contributed by atoms with Gasteiger partial charge in [-0.1, -0.05) is 17.7 Å². The normalized spacial score (nSPS) is 13.7. The molecule has 0 bridgehead atoms. The van der Waals surface area contributed by atoms with Crippen molar-refractivity contribution in [1.29, 1.82) is 0 Å². The van der Waals surface area contributed by atoms with Crippen LogP contribution < -0.4 is 0 Å². The molecule has 0 heterocycles. The van der Waals surface area contributed by atoms with Gasteiger partial charge in [-0.2, -0.15) is 0 Å². The molecule has 104 valence electrons. The maximum Gasteiger partial charge on any atom is 0.323 e. The van der Waals surface area contributed by atoms with Gasteiger partial charge in [0.2, 0.25) is 0 Å². The van der Waals surface area contributed by atoms with Gasteiger partial charge in [0, 0.05) is 11.4 Å². The Labute approximate surface area is 115 Å². The van der Waals surface area contributed by atoms with E-state index in [1.807, 2.05) is 0 Å². The van der Waals surface area contributed by atoms with Crippen molar-refractivity contribution in [3.63, 3.8) is 0 Å². The number of esters is 1. The molecule has 4 nitrogen and oxygen atoms in total. The Bertz CT molecular complexity index is 503. The van der Waals surface area contributed by atoms with Gasteiger partial charge in [-0.25, -0.2) is 4.39 Å². The van der Waals surface area contributed by atoms with Gasteiger partial charge < -0.3 is 9.84 Å². The van der Waals surface area contributed by atoms with E-state index in [0.717, 1.165) is 12.1 Å². The highest BCUT2D eigenvalue weighted by molar-refractivity contribution is 6.31. The van der Waals surface area contributed by atoms with Crippen molar-refractivity contribution in [2.75, 3.05) is 6.61 Å². The maximum absolute atomic E-state index is 12.9. The van der Waals surface area contributed by atoms with Gasteiger partial charge in [0.25, 0.3) is 0 Å². The molecule has 0 spiro atoms. The first-order valence-electron chi connectivity index (χ1n) is 5.65. The molecule has 1 aromatic rings. The van der Waals surface area contributed by atoms with Crippen LogP contribution in [0.1, 0.15) is 19.4 Å². The van der Waals surface area contributed by atoms with Crippen molar-refractivity contribution in [2.24, 2.45) is 5.41 Å². The number of halogens is 2. The van der Waals surface area contributed by atoms with Crippen molar-refractivity contribution >= 4 is 23.5 Å². The topological polar surface area (TPSA) is 63.6 Å². The minimum absolute atomic E-state index is 0.0803. The van der Waals surface area contributed by atoms with E-state index in [-0.39, 0.29) is 18.1 Å². The fourth-order valence-corrected chi connectivity index (χ4v) is 1.81. The second kappa shape index (κ2) is 6.02. The van der Waals surface area contributed by atoms with Gasteiger partial charge >= 0.3 is 11.9 Å². The summed E-state index contributed by atoms with van der Waals surface area (Å²) in [7, 11) is 0. The Hall–Kier alpha value is -1.62. The first-order chi connectivity index (χ1) is 8.81. The summed E-state index contributed by atoms with van der Waals surface area (Å²) in [6, 6.07) is 3.59. The average Bonchev–Trinajstić information content (AvgIpc) is 2.32. The fraction of sp³-hybridized carbons (Fsp3) is 0.385. The van der Waals surface area contributed by atoms with E-state index in [1.54, 1.807) is 6.92 Å². The zero-order chi connectivity index (χ0) is 14.6. The second-order valence-electron chi connectivity index (χ2n) is 4.27. The first kappa shape index (κ1) is 15.4. The zero-order valence-electron chi connectivity index (χ0n) is 10.6. The van der Waals surface area contributed by atoms with Crippen LogP contribution in [-0.2, 0) is 20.7 Å². The van der Waals surface area contributed by atoms with Crippen molar-refractivity contribution in [1.82, 2.24) is 0 Å². The molecule has 0 radical (unpaired) electrons. The average molecular weight is 289 g/mol. The standard InChI is InChI=1S/C13H14ClFO4/c1-3-19-12(18)13(2,11(16)17)7-8-4-5-9(15)6-10(8)14/h4-6H,3,7H2,1-2H3,(H,16,17). The Morgan fingerprint density at radius 2 is 2.11 bits per heavy atom. The molecule has 0 aliphatic carbocycles. The van der Waals surface area contributed by atoms with E-state index >= 15 is 0 Å². The summed E-state index contributed by atoms with van der Waals surface area (Å²) < 4.78 is 17.7. The summed E-state index contributed by atoms with van der Waals surface area (Å²) in [5.41, 5.74) is -1.38. The molecule has 0 aliphatic heterocycles. The molecule has 1 unspecified atom stereocenters. The number of carboxylic acids is 1. The molecular weight excluding hydrogens is 275 g/mol. The molecule has 0 aromatic heterocycles. The summed E-state index contributed by atoms with van der Waals surface area (Å²) in [5, 5.41) is 9.30. The number of carbonyl (C=O) groups excluding carboxylic acids is 1. The lowest BCUT2D eigenvalue weighted by Gasteiger charge is -2.23.